The minimum atomic E-state index is -3.72. The van der Waals surface area contributed by atoms with E-state index in [1.165, 1.54) is 34.6 Å². The number of ether oxygens (including phenoxy) is 1. The van der Waals surface area contributed by atoms with Crippen molar-refractivity contribution >= 4 is 45.2 Å². The van der Waals surface area contributed by atoms with Gasteiger partial charge in [-0.1, -0.05) is 25.4 Å². The van der Waals surface area contributed by atoms with Crippen molar-refractivity contribution in [1.29, 1.82) is 0 Å². The summed E-state index contributed by atoms with van der Waals surface area (Å²) in [6.07, 6.45) is 0. The summed E-state index contributed by atoms with van der Waals surface area (Å²) in [6.45, 7) is 5.20. The van der Waals surface area contributed by atoms with Gasteiger partial charge in [0.2, 0.25) is 10.0 Å². The Morgan fingerprint density at radius 2 is 1.62 bits per heavy atom. The molecule has 0 saturated heterocycles. The number of benzene rings is 2. The summed E-state index contributed by atoms with van der Waals surface area (Å²) >= 11 is 6.14. The molecule has 0 bridgehead atoms. The van der Waals surface area contributed by atoms with Crippen LogP contribution in [0.5, 0.6) is 5.75 Å². The number of carbonyl (C=O) groups excluding carboxylic acids is 1. The Kier molecular flexibility index (Phi) is 10.1. The molecule has 0 atom stereocenters. The summed E-state index contributed by atoms with van der Waals surface area (Å²) in [6, 6.07) is 10.1. The van der Waals surface area contributed by atoms with E-state index in [2.05, 4.69) is 4.99 Å². The Morgan fingerprint density at radius 1 is 1.09 bits per heavy atom. The molecule has 0 amide bonds. The Bertz CT molecular complexity index is 1080. The van der Waals surface area contributed by atoms with Gasteiger partial charge in [0.05, 0.1) is 16.3 Å². The second-order valence-electron chi connectivity index (χ2n) is 6.17. The van der Waals surface area contributed by atoms with Crippen molar-refractivity contribution in [3.05, 3.63) is 53.1 Å². The monoisotopic (exact) mass is 484 g/mol. The summed E-state index contributed by atoms with van der Waals surface area (Å²) in [5.74, 6) is -1.43. The minimum absolute atomic E-state index is 0.0275. The van der Waals surface area contributed by atoms with Crippen LogP contribution in [-0.4, -0.2) is 48.8 Å². The first kappa shape index (κ1) is 26.9. The quantitative estimate of drug-likeness (QED) is 0.233. The van der Waals surface area contributed by atoms with E-state index < -0.39 is 22.0 Å². The number of aliphatic imine (C=N–C) groups is 1. The number of nitrogens with two attached hydrogens (primary N) is 2. The van der Waals surface area contributed by atoms with Crippen LogP contribution in [0.25, 0.3) is 0 Å². The third-order valence-corrected chi connectivity index (χ3v) is 6.33. The van der Waals surface area contributed by atoms with Gasteiger partial charge in [-0.2, -0.15) is 4.31 Å². The summed E-state index contributed by atoms with van der Waals surface area (Å²) in [5, 5.41) is 7.39. The molecule has 2 rings (SSSR count). The lowest BCUT2D eigenvalue weighted by atomic mass is 10.2. The lowest BCUT2D eigenvalue weighted by Crippen LogP contribution is -2.30. The number of halogens is 1. The molecule has 174 valence electrons. The van der Waals surface area contributed by atoms with Crippen LogP contribution in [0.1, 0.15) is 31.1 Å². The number of rotatable bonds is 7. The first-order valence-corrected chi connectivity index (χ1v) is 11.1. The third-order valence-electron chi connectivity index (χ3n) is 3.80. The van der Waals surface area contributed by atoms with Crippen LogP contribution in [0.3, 0.4) is 0 Å². The van der Waals surface area contributed by atoms with Crippen molar-refractivity contribution in [2.24, 2.45) is 16.5 Å². The molecule has 0 fully saturated rings. The summed E-state index contributed by atoms with van der Waals surface area (Å²) in [7, 11) is -3.72. The number of nitrogens with zero attached hydrogens (tertiary/aromatic N) is 2. The summed E-state index contributed by atoms with van der Waals surface area (Å²) in [4.78, 5) is 25.1. The van der Waals surface area contributed by atoms with Gasteiger partial charge in [-0.05, 0) is 36.4 Å². The topological polar surface area (TPSA) is 165 Å². The zero-order valence-corrected chi connectivity index (χ0v) is 19.4. The van der Waals surface area contributed by atoms with E-state index in [0.29, 0.717) is 18.8 Å². The molecule has 0 aliphatic rings. The largest absolute Gasteiger partial charge is 0.481 e. The molecule has 5 N–H and O–H groups in total. The van der Waals surface area contributed by atoms with Crippen LogP contribution >= 0.6 is 11.6 Å². The Balaban J connectivity index is 0.00000118. The number of carbonyl (C=O) groups is 2. The van der Waals surface area contributed by atoms with Crippen LogP contribution in [0, 0.1) is 0 Å². The van der Waals surface area contributed by atoms with Gasteiger partial charge in [0, 0.05) is 26.1 Å². The molecule has 0 aromatic heterocycles. The highest BCUT2D eigenvalue weighted by atomic mass is 35.5. The zero-order valence-electron chi connectivity index (χ0n) is 17.8. The van der Waals surface area contributed by atoms with Crippen LogP contribution < -0.4 is 16.2 Å². The predicted octanol–water partition coefficient (Wildman–Crippen LogP) is 2.59. The molecule has 0 radical (unpaired) electrons. The van der Waals surface area contributed by atoms with E-state index in [-0.39, 0.29) is 27.2 Å². The van der Waals surface area contributed by atoms with Gasteiger partial charge < -0.3 is 21.3 Å². The number of guanidine groups is 1. The van der Waals surface area contributed by atoms with Crippen molar-refractivity contribution in [3.8, 4) is 5.75 Å². The Labute approximate surface area is 191 Å². The van der Waals surface area contributed by atoms with Crippen LogP contribution in [0.15, 0.2) is 52.4 Å². The van der Waals surface area contributed by atoms with Gasteiger partial charge in [0.25, 0.3) is 5.97 Å². The number of esters is 1. The van der Waals surface area contributed by atoms with Crippen molar-refractivity contribution in [1.82, 2.24) is 4.31 Å². The molecular weight excluding hydrogens is 460 g/mol. The molecule has 0 unspecified atom stereocenters. The molecule has 0 spiro atoms. The fourth-order valence-electron chi connectivity index (χ4n) is 2.44. The second-order valence-corrected chi connectivity index (χ2v) is 8.49. The van der Waals surface area contributed by atoms with Gasteiger partial charge in [0.1, 0.15) is 10.6 Å². The maximum atomic E-state index is 12.6. The van der Waals surface area contributed by atoms with E-state index in [1.807, 2.05) is 0 Å². The number of hydrogen-bond acceptors (Lipinski definition) is 6. The molecule has 0 aliphatic heterocycles. The molecule has 0 heterocycles. The smallest absolute Gasteiger partial charge is 0.343 e. The lowest BCUT2D eigenvalue weighted by Gasteiger charge is -2.19. The van der Waals surface area contributed by atoms with Gasteiger partial charge in [-0.3, -0.25) is 4.79 Å². The molecular formula is C20H25ClN4O6S. The summed E-state index contributed by atoms with van der Waals surface area (Å²) < 4.78 is 31.7. The lowest BCUT2D eigenvalue weighted by molar-refractivity contribution is -0.134. The van der Waals surface area contributed by atoms with Gasteiger partial charge in [-0.25, -0.2) is 18.2 Å². The average Bonchev–Trinajstić information content (AvgIpc) is 2.68. The third kappa shape index (κ3) is 7.84. The number of carboxylic acids is 1. The molecule has 32 heavy (non-hydrogen) atoms. The van der Waals surface area contributed by atoms with E-state index in [4.69, 9.17) is 37.7 Å². The van der Waals surface area contributed by atoms with Gasteiger partial charge >= 0.3 is 5.97 Å². The fraction of sp³-hybridized carbons (Fsp3) is 0.250. The maximum Gasteiger partial charge on any atom is 0.343 e. The molecule has 0 saturated carbocycles. The Morgan fingerprint density at radius 3 is 2.06 bits per heavy atom. The fourth-order valence-corrected chi connectivity index (χ4v) is 4.41. The highest BCUT2D eigenvalue weighted by Crippen LogP contribution is 2.29. The van der Waals surface area contributed by atoms with Crippen molar-refractivity contribution in [3.63, 3.8) is 0 Å². The standard InChI is InChI=1S/C18H21ClN4O4S.C2H4O2/c1-3-23(4-2)28(25,26)16-10-9-14(11-15(16)19)27-17(24)12-5-7-13(8-6-12)22-18(20)21;1-2(3)4/h5-11H,3-4H2,1-2H3,(H4,20,21,22);1H3,(H,3,4). The van der Waals surface area contributed by atoms with Crippen molar-refractivity contribution in [2.75, 3.05) is 13.1 Å². The van der Waals surface area contributed by atoms with Crippen LogP contribution in [0.4, 0.5) is 5.69 Å². The van der Waals surface area contributed by atoms with E-state index in [0.717, 1.165) is 6.92 Å². The predicted molar refractivity (Wildman–Crippen MR) is 122 cm³/mol. The summed E-state index contributed by atoms with van der Waals surface area (Å²) in [5.41, 5.74) is 11.4. The SMILES string of the molecule is CC(=O)O.CCN(CC)S(=O)(=O)c1ccc(OC(=O)c2ccc(N=C(N)N)cc2)cc1Cl. The second kappa shape index (κ2) is 12.0. The van der Waals surface area contributed by atoms with Crippen molar-refractivity contribution < 1.29 is 27.9 Å². The van der Waals surface area contributed by atoms with Crippen LogP contribution in [-0.2, 0) is 14.8 Å². The average molecular weight is 485 g/mol. The van der Waals surface area contributed by atoms with E-state index in [9.17, 15) is 13.2 Å². The Hall–Kier alpha value is -3.15. The maximum absolute atomic E-state index is 12.6. The highest BCUT2D eigenvalue weighted by molar-refractivity contribution is 7.89. The first-order chi connectivity index (χ1) is 14.9. The van der Waals surface area contributed by atoms with E-state index >= 15 is 0 Å². The van der Waals surface area contributed by atoms with Crippen LogP contribution in [0.2, 0.25) is 5.02 Å². The zero-order chi connectivity index (χ0) is 24.5. The minimum Gasteiger partial charge on any atom is -0.481 e. The van der Waals surface area contributed by atoms with E-state index in [1.54, 1.807) is 26.0 Å². The number of aliphatic carboxylic acids is 1. The molecule has 2 aromatic rings. The highest BCUT2D eigenvalue weighted by Gasteiger charge is 2.24. The normalized spacial score (nSPS) is 10.7. The number of sulfonamides is 1. The molecule has 0 aliphatic carbocycles. The van der Waals surface area contributed by atoms with Gasteiger partial charge in [-0.15, -0.1) is 0 Å². The molecule has 10 nitrogen and oxygen atoms in total. The molecule has 12 heteroatoms. The number of hydrogen-bond donors (Lipinski definition) is 3. The number of carboxylic acid groups (broad SMARTS) is 1. The van der Waals surface area contributed by atoms with Crippen molar-refractivity contribution in [2.45, 2.75) is 25.7 Å². The molecule has 2 aromatic carbocycles. The van der Waals surface area contributed by atoms with Gasteiger partial charge in [0.15, 0.2) is 5.96 Å². The first-order valence-electron chi connectivity index (χ1n) is 9.33.